The predicted octanol–water partition coefficient (Wildman–Crippen LogP) is 7.18. The number of fused-ring (bicyclic) bond motifs is 2. The average molecular weight is 639 g/mol. The van der Waals surface area contributed by atoms with Gasteiger partial charge in [-0.1, -0.05) is 60.6 Å². The molecule has 2 unspecified atom stereocenters. The van der Waals surface area contributed by atoms with Crippen molar-refractivity contribution >= 4 is 54.7 Å². The van der Waals surface area contributed by atoms with Crippen LogP contribution >= 0.6 is 0 Å². The number of likely N-dealkylation sites (N-methyl/N-ethyl adjacent to an activating group) is 1. The second-order valence-corrected chi connectivity index (χ2v) is 15.0. The van der Waals surface area contributed by atoms with Crippen molar-refractivity contribution < 1.29 is 17.2 Å². The average Bonchev–Trinajstić information content (AvgIpc) is 2.95. The van der Waals surface area contributed by atoms with Gasteiger partial charge in [-0.05, 0) is 90.7 Å². The smallest absolute Gasteiger partial charge is 0.262 e. The van der Waals surface area contributed by atoms with Crippen molar-refractivity contribution in [2.75, 3.05) is 23.6 Å². The Labute approximate surface area is 264 Å². The second-order valence-electron chi connectivity index (χ2n) is 12.4. The van der Waals surface area contributed by atoms with Gasteiger partial charge in [0.1, 0.15) is 0 Å². The molecule has 0 aliphatic heterocycles. The van der Waals surface area contributed by atoms with Crippen LogP contribution in [0.3, 0.4) is 0 Å². The van der Waals surface area contributed by atoms with Crippen LogP contribution in [0.25, 0.3) is 22.1 Å². The molecule has 0 aliphatic rings. The molecule has 4 rings (SSSR count). The summed E-state index contributed by atoms with van der Waals surface area (Å²) in [6.45, 7) is 16.7. The van der Waals surface area contributed by atoms with E-state index in [-0.39, 0.29) is 23.8 Å². The molecule has 0 saturated heterocycles. The number of aryl methyl sites for hydroxylation is 1. The summed E-state index contributed by atoms with van der Waals surface area (Å²) in [4.78, 5) is 10.0. The molecule has 1 heterocycles. The van der Waals surface area contributed by atoms with E-state index in [4.69, 9.17) is 9.97 Å². The zero-order chi connectivity index (χ0) is 32.5. The highest BCUT2D eigenvalue weighted by molar-refractivity contribution is 7.92. The quantitative estimate of drug-likeness (QED) is 0.124. The lowest BCUT2D eigenvalue weighted by atomic mass is 9.89. The summed E-state index contributed by atoms with van der Waals surface area (Å²) in [5.41, 5.74) is 7.52. The molecule has 2 N–H and O–H groups in total. The molecule has 9 nitrogen and oxygen atoms in total. The van der Waals surface area contributed by atoms with Crippen molar-refractivity contribution in [3.8, 4) is 0 Å². The van der Waals surface area contributed by atoms with Gasteiger partial charge in [0.2, 0.25) is 0 Å². The molecule has 0 bridgehead atoms. The van der Waals surface area contributed by atoms with Crippen molar-refractivity contribution in [2.45, 2.75) is 90.5 Å². The van der Waals surface area contributed by atoms with Crippen molar-refractivity contribution in [1.82, 2.24) is 14.3 Å². The van der Waals surface area contributed by atoms with E-state index in [9.17, 15) is 17.2 Å². The first-order valence-electron chi connectivity index (χ1n) is 15.1. The second kappa shape index (κ2) is 13.5. The Morgan fingerprint density at radius 1 is 0.864 bits per heavy atom. The first-order valence-corrected chi connectivity index (χ1v) is 17.6. The Morgan fingerprint density at radius 2 is 1.48 bits per heavy atom. The maximum atomic E-state index is 14.0. The first-order chi connectivity index (χ1) is 20.6. The van der Waals surface area contributed by atoms with Crippen LogP contribution in [0.5, 0.6) is 0 Å². The minimum absolute atomic E-state index is 0.0263. The largest absolute Gasteiger partial charge is 0.760 e. The van der Waals surface area contributed by atoms with Crippen LogP contribution in [0.2, 0.25) is 0 Å². The Morgan fingerprint density at radius 3 is 2.02 bits per heavy atom. The van der Waals surface area contributed by atoms with Crippen LogP contribution in [-0.2, 0) is 21.3 Å². The molecule has 0 saturated carbocycles. The van der Waals surface area contributed by atoms with Crippen LogP contribution in [0.1, 0.15) is 94.9 Å². The van der Waals surface area contributed by atoms with Gasteiger partial charge in [-0.15, -0.1) is 0 Å². The molecule has 3 aromatic carbocycles. The number of rotatable bonds is 12. The third kappa shape index (κ3) is 7.22. The fraction of sp³-hybridized carbons (Fsp3) is 0.455. The summed E-state index contributed by atoms with van der Waals surface area (Å²) in [6.07, 6.45) is 0.668. The summed E-state index contributed by atoms with van der Waals surface area (Å²) in [7, 11) is -2.35. The van der Waals surface area contributed by atoms with E-state index >= 15 is 0 Å². The maximum Gasteiger partial charge on any atom is 0.262 e. The Bertz CT molecular complexity index is 1780. The molecule has 1 aromatic heterocycles. The monoisotopic (exact) mass is 638 g/mol. The van der Waals surface area contributed by atoms with Gasteiger partial charge in [0.25, 0.3) is 10.0 Å². The fourth-order valence-corrected chi connectivity index (χ4v) is 7.62. The van der Waals surface area contributed by atoms with E-state index in [1.54, 1.807) is 25.2 Å². The number of nitrogens with zero attached hydrogens (tertiary/aromatic N) is 3. The van der Waals surface area contributed by atoms with E-state index in [2.05, 4.69) is 23.9 Å². The number of aromatic nitrogens is 2. The third-order valence-corrected chi connectivity index (χ3v) is 10.4. The van der Waals surface area contributed by atoms with Gasteiger partial charge in [0.05, 0.1) is 32.6 Å². The summed E-state index contributed by atoms with van der Waals surface area (Å²) in [5, 5.41) is 3.34. The molecule has 11 heteroatoms. The number of hydrogen-bond donors (Lipinski definition) is 2. The van der Waals surface area contributed by atoms with Crippen LogP contribution in [0.4, 0.5) is 11.4 Å². The number of anilines is 2. The maximum absolute atomic E-state index is 14.0. The molecular weight excluding hydrogens is 595 g/mol. The topological polar surface area (TPSA) is 127 Å². The standard InChI is InChI=1S/C33H45N5O4S2/c1-10-26(38(9)43(39)40)18-34-25-13-22(8)32-31(17-25)35-29-12-11-24(16-30(29)36-32)37-44(41,42)33-27(20(4)5)14-23(19(2)3)15-28(33)21(6)7/h11-17,19-21,26,34,37H,10,18H2,1-9H3,(H,39,40)/p-1. The normalized spacial score (nSPS) is 13.9. The van der Waals surface area contributed by atoms with Crippen LogP contribution in [-0.4, -0.2) is 51.1 Å². The molecular formula is C33H44N5O4S2-. The summed E-state index contributed by atoms with van der Waals surface area (Å²) in [5.74, 6) is 0.335. The molecule has 238 valence electrons. The van der Waals surface area contributed by atoms with Gasteiger partial charge >= 0.3 is 0 Å². The molecule has 0 spiro atoms. The number of benzene rings is 3. The molecule has 44 heavy (non-hydrogen) atoms. The Kier molecular flexibility index (Phi) is 10.3. The van der Waals surface area contributed by atoms with Gasteiger partial charge in [0, 0.05) is 29.5 Å². The highest BCUT2D eigenvalue weighted by atomic mass is 32.2. The van der Waals surface area contributed by atoms with Gasteiger partial charge in [-0.25, -0.2) is 22.7 Å². The Balaban J connectivity index is 1.69. The van der Waals surface area contributed by atoms with Crippen molar-refractivity contribution in [3.63, 3.8) is 0 Å². The van der Waals surface area contributed by atoms with Crippen molar-refractivity contribution in [3.05, 3.63) is 64.7 Å². The van der Waals surface area contributed by atoms with E-state index in [1.165, 1.54) is 4.31 Å². The molecule has 0 fully saturated rings. The van der Waals surface area contributed by atoms with E-state index in [0.717, 1.165) is 27.9 Å². The van der Waals surface area contributed by atoms with Crippen molar-refractivity contribution in [1.29, 1.82) is 0 Å². The van der Waals surface area contributed by atoms with Gasteiger partial charge in [0.15, 0.2) is 0 Å². The van der Waals surface area contributed by atoms with Crippen LogP contribution in [0.15, 0.2) is 47.4 Å². The fourth-order valence-electron chi connectivity index (χ4n) is 5.41. The highest BCUT2D eigenvalue weighted by Crippen LogP contribution is 2.36. The van der Waals surface area contributed by atoms with E-state index in [0.29, 0.717) is 45.6 Å². The number of hydrogen-bond acceptors (Lipinski definition) is 7. The first kappa shape index (κ1) is 33.8. The number of sulfonamides is 1. The zero-order valence-electron chi connectivity index (χ0n) is 27.1. The van der Waals surface area contributed by atoms with E-state index < -0.39 is 21.3 Å². The minimum atomic E-state index is -3.91. The third-order valence-electron chi connectivity index (χ3n) is 8.09. The van der Waals surface area contributed by atoms with Crippen LogP contribution < -0.4 is 10.0 Å². The summed E-state index contributed by atoms with van der Waals surface area (Å²) in [6, 6.07) is 12.9. The molecule has 0 radical (unpaired) electrons. The predicted molar refractivity (Wildman–Crippen MR) is 181 cm³/mol. The van der Waals surface area contributed by atoms with E-state index in [1.807, 2.05) is 65.8 Å². The lowest BCUT2D eigenvalue weighted by Gasteiger charge is -2.28. The highest BCUT2D eigenvalue weighted by Gasteiger charge is 2.27. The SMILES string of the molecule is CCC(CNc1cc(C)c2nc3cc(NS(=O)(=O)c4c(C(C)C)cc(C(C)C)cc4C(C)C)ccc3nc2c1)N(C)S(=O)[O-]. The molecule has 0 amide bonds. The summed E-state index contributed by atoms with van der Waals surface area (Å²) >= 11 is -2.29. The van der Waals surface area contributed by atoms with Gasteiger partial charge in [-0.3, -0.25) is 8.93 Å². The zero-order valence-corrected chi connectivity index (χ0v) is 28.7. The van der Waals surface area contributed by atoms with Gasteiger partial charge < -0.3 is 9.87 Å². The molecule has 0 aliphatic carbocycles. The van der Waals surface area contributed by atoms with Crippen molar-refractivity contribution in [2.24, 2.45) is 0 Å². The van der Waals surface area contributed by atoms with Crippen LogP contribution in [0, 0.1) is 6.92 Å². The Hall–Kier alpha value is -3.12. The lowest BCUT2D eigenvalue weighted by molar-refractivity contribution is 0.354. The minimum Gasteiger partial charge on any atom is -0.760 e. The van der Waals surface area contributed by atoms with Gasteiger partial charge in [-0.2, -0.15) is 0 Å². The molecule has 2 atom stereocenters. The lowest BCUT2D eigenvalue weighted by Crippen LogP contribution is -2.37. The number of nitrogens with one attached hydrogen (secondary N) is 2. The molecule has 4 aromatic rings. The summed E-state index contributed by atoms with van der Waals surface area (Å²) < 4.78 is 54.9.